The summed E-state index contributed by atoms with van der Waals surface area (Å²) in [4.78, 5) is 0.256. The van der Waals surface area contributed by atoms with Gasteiger partial charge in [-0.25, -0.2) is 13.1 Å². The van der Waals surface area contributed by atoms with Gasteiger partial charge in [0.1, 0.15) is 5.75 Å². The SMILES string of the molecule is COc1ccc(S(=O)(=O)NC(C)(CN)CC(C)C)c(C)c1.Cl. The Morgan fingerprint density at radius 2 is 1.95 bits per heavy atom. The molecular weight excluding hydrogens is 324 g/mol. The summed E-state index contributed by atoms with van der Waals surface area (Å²) >= 11 is 0. The highest BCUT2D eigenvalue weighted by Gasteiger charge is 2.31. The van der Waals surface area contributed by atoms with E-state index in [2.05, 4.69) is 4.72 Å². The molecule has 1 unspecified atom stereocenters. The van der Waals surface area contributed by atoms with Crippen molar-refractivity contribution >= 4 is 22.4 Å². The first-order valence-corrected chi connectivity index (χ1v) is 8.50. The Hall–Kier alpha value is -0.820. The third kappa shape index (κ3) is 5.43. The fraction of sp³-hybridized carbons (Fsp3) is 0.600. The Bertz CT molecular complexity index is 590. The average molecular weight is 351 g/mol. The van der Waals surface area contributed by atoms with Crippen molar-refractivity contribution in [2.45, 2.75) is 44.6 Å². The number of nitrogens with one attached hydrogen (secondary N) is 1. The zero-order valence-corrected chi connectivity index (χ0v) is 15.5. The monoisotopic (exact) mass is 350 g/mol. The minimum atomic E-state index is -3.62. The van der Waals surface area contributed by atoms with Crippen LogP contribution in [0.15, 0.2) is 23.1 Å². The summed E-state index contributed by atoms with van der Waals surface area (Å²) in [5, 5.41) is 0. The molecule has 1 aromatic rings. The summed E-state index contributed by atoms with van der Waals surface area (Å²) in [6, 6.07) is 4.91. The molecule has 0 heterocycles. The lowest BCUT2D eigenvalue weighted by molar-refractivity contribution is 0.344. The van der Waals surface area contributed by atoms with Gasteiger partial charge in [-0.05, 0) is 49.9 Å². The molecule has 0 saturated heterocycles. The number of ether oxygens (including phenoxy) is 1. The second-order valence-corrected chi connectivity index (χ2v) is 7.75. The lowest BCUT2D eigenvalue weighted by Gasteiger charge is -2.31. The van der Waals surface area contributed by atoms with E-state index in [0.717, 1.165) is 0 Å². The van der Waals surface area contributed by atoms with Crippen LogP contribution in [0, 0.1) is 12.8 Å². The van der Waals surface area contributed by atoms with Crippen molar-refractivity contribution in [1.82, 2.24) is 4.72 Å². The fourth-order valence-electron chi connectivity index (χ4n) is 2.50. The summed E-state index contributed by atoms with van der Waals surface area (Å²) in [6.45, 7) is 7.92. The fourth-order valence-corrected chi connectivity index (χ4v) is 4.15. The van der Waals surface area contributed by atoms with Gasteiger partial charge in [0, 0.05) is 12.1 Å². The van der Waals surface area contributed by atoms with Crippen molar-refractivity contribution < 1.29 is 13.2 Å². The number of hydrogen-bond donors (Lipinski definition) is 2. The van der Waals surface area contributed by atoms with E-state index in [4.69, 9.17) is 10.5 Å². The molecule has 0 aliphatic heterocycles. The van der Waals surface area contributed by atoms with Crippen LogP contribution < -0.4 is 15.2 Å². The summed E-state index contributed by atoms with van der Waals surface area (Å²) < 4.78 is 33.1. The predicted molar refractivity (Wildman–Crippen MR) is 92.2 cm³/mol. The average Bonchev–Trinajstić information content (AvgIpc) is 2.36. The van der Waals surface area contributed by atoms with Crippen LogP contribution in [-0.4, -0.2) is 27.6 Å². The molecule has 0 fully saturated rings. The molecule has 0 spiro atoms. The van der Waals surface area contributed by atoms with Gasteiger partial charge in [-0.15, -0.1) is 12.4 Å². The van der Waals surface area contributed by atoms with Gasteiger partial charge in [-0.2, -0.15) is 0 Å². The summed E-state index contributed by atoms with van der Waals surface area (Å²) in [5.74, 6) is 0.980. The van der Waals surface area contributed by atoms with Gasteiger partial charge in [0.25, 0.3) is 0 Å². The van der Waals surface area contributed by atoms with E-state index in [1.807, 2.05) is 20.8 Å². The van der Waals surface area contributed by atoms with Gasteiger partial charge >= 0.3 is 0 Å². The van der Waals surface area contributed by atoms with Gasteiger partial charge in [-0.3, -0.25) is 0 Å². The molecule has 1 aromatic carbocycles. The molecule has 3 N–H and O–H groups in total. The van der Waals surface area contributed by atoms with Gasteiger partial charge in [-0.1, -0.05) is 13.8 Å². The molecule has 0 aliphatic rings. The van der Waals surface area contributed by atoms with Crippen LogP contribution in [0.3, 0.4) is 0 Å². The van der Waals surface area contributed by atoms with Crippen LogP contribution in [-0.2, 0) is 10.0 Å². The second kappa shape index (κ2) is 8.15. The van der Waals surface area contributed by atoms with E-state index in [1.165, 1.54) is 0 Å². The molecule has 5 nitrogen and oxygen atoms in total. The zero-order chi connectivity index (χ0) is 16.3. The lowest BCUT2D eigenvalue weighted by atomic mass is 9.92. The molecule has 0 saturated carbocycles. The van der Waals surface area contributed by atoms with Crippen molar-refractivity contribution in [3.8, 4) is 5.75 Å². The summed E-state index contributed by atoms with van der Waals surface area (Å²) in [7, 11) is -2.07. The van der Waals surface area contributed by atoms with E-state index >= 15 is 0 Å². The molecule has 7 heteroatoms. The standard InChI is InChI=1S/C15H26N2O3S.ClH/c1-11(2)9-15(4,10-16)17-21(18,19)14-7-6-13(20-5)8-12(14)3;/h6-8,11,17H,9-10,16H2,1-5H3;1H. The number of rotatable bonds is 7. The van der Waals surface area contributed by atoms with Crippen molar-refractivity contribution in [2.24, 2.45) is 11.7 Å². The molecular formula is C15H27ClN2O3S. The topological polar surface area (TPSA) is 81.4 Å². The van der Waals surface area contributed by atoms with Crippen LogP contribution >= 0.6 is 12.4 Å². The highest BCUT2D eigenvalue weighted by Crippen LogP contribution is 2.24. The van der Waals surface area contributed by atoms with Gasteiger partial charge in [0.05, 0.1) is 12.0 Å². The van der Waals surface area contributed by atoms with Crippen molar-refractivity contribution in [3.63, 3.8) is 0 Å². The molecule has 0 bridgehead atoms. The normalized spacial score (nSPS) is 14.3. The van der Waals surface area contributed by atoms with E-state index in [0.29, 0.717) is 23.7 Å². The number of sulfonamides is 1. The molecule has 128 valence electrons. The Morgan fingerprint density at radius 3 is 2.36 bits per heavy atom. The number of halogens is 1. The van der Waals surface area contributed by atoms with Crippen LogP contribution in [0.2, 0.25) is 0 Å². The summed E-state index contributed by atoms with van der Waals surface area (Å²) in [5.41, 5.74) is 5.77. The van der Waals surface area contributed by atoms with Crippen LogP contribution in [0.5, 0.6) is 5.75 Å². The maximum atomic E-state index is 12.6. The Kier molecular flexibility index (Phi) is 7.85. The third-order valence-corrected chi connectivity index (χ3v) is 5.16. The number of aryl methyl sites for hydroxylation is 1. The first-order valence-electron chi connectivity index (χ1n) is 7.02. The van der Waals surface area contributed by atoms with Crippen molar-refractivity contribution in [2.75, 3.05) is 13.7 Å². The first-order chi connectivity index (χ1) is 9.63. The molecule has 0 aliphatic carbocycles. The zero-order valence-electron chi connectivity index (χ0n) is 13.8. The lowest BCUT2D eigenvalue weighted by Crippen LogP contribution is -2.52. The molecule has 22 heavy (non-hydrogen) atoms. The largest absolute Gasteiger partial charge is 0.497 e. The molecule has 0 aromatic heterocycles. The molecule has 0 radical (unpaired) electrons. The smallest absolute Gasteiger partial charge is 0.241 e. The maximum absolute atomic E-state index is 12.6. The Balaban J connectivity index is 0.00000441. The molecule has 1 rings (SSSR count). The van der Waals surface area contributed by atoms with Gasteiger partial charge in [0.2, 0.25) is 10.0 Å². The second-order valence-electron chi connectivity index (χ2n) is 6.10. The van der Waals surface area contributed by atoms with Crippen LogP contribution in [0.4, 0.5) is 0 Å². The molecule has 1 atom stereocenters. The van der Waals surface area contributed by atoms with E-state index in [-0.39, 0.29) is 23.8 Å². The summed E-state index contributed by atoms with van der Waals surface area (Å²) in [6.07, 6.45) is 0.679. The van der Waals surface area contributed by atoms with Crippen LogP contribution in [0.1, 0.15) is 32.8 Å². The predicted octanol–water partition coefficient (Wildman–Crippen LogP) is 2.47. The van der Waals surface area contributed by atoms with Crippen LogP contribution in [0.25, 0.3) is 0 Å². The minimum Gasteiger partial charge on any atom is -0.497 e. The van der Waals surface area contributed by atoms with E-state index < -0.39 is 15.6 Å². The number of nitrogens with two attached hydrogens (primary N) is 1. The Morgan fingerprint density at radius 1 is 1.36 bits per heavy atom. The quantitative estimate of drug-likeness (QED) is 0.791. The highest BCUT2D eigenvalue weighted by molar-refractivity contribution is 7.89. The number of benzene rings is 1. The van der Waals surface area contributed by atoms with Gasteiger partial charge < -0.3 is 10.5 Å². The maximum Gasteiger partial charge on any atom is 0.241 e. The Labute approximate surface area is 140 Å². The highest BCUT2D eigenvalue weighted by atomic mass is 35.5. The molecule has 0 amide bonds. The van der Waals surface area contributed by atoms with E-state index in [9.17, 15) is 8.42 Å². The number of methoxy groups -OCH3 is 1. The minimum absolute atomic E-state index is 0. The van der Waals surface area contributed by atoms with Crippen molar-refractivity contribution in [3.05, 3.63) is 23.8 Å². The third-order valence-electron chi connectivity index (χ3n) is 3.36. The van der Waals surface area contributed by atoms with Gasteiger partial charge in [0.15, 0.2) is 0 Å². The van der Waals surface area contributed by atoms with Crippen molar-refractivity contribution in [1.29, 1.82) is 0 Å². The number of hydrogen-bond acceptors (Lipinski definition) is 4. The van der Waals surface area contributed by atoms with E-state index in [1.54, 1.807) is 32.2 Å². The first kappa shape index (κ1) is 21.2.